The Balaban J connectivity index is 1.78. The van der Waals surface area contributed by atoms with Gasteiger partial charge in [-0.1, -0.05) is 18.2 Å². The number of benzene rings is 2. The van der Waals surface area contributed by atoms with Crippen LogP contribution in [0.5, 0.6) is 11.5 Å². The van der Waals surface area contributed by atoms with Crippen LogP contribution < -0.4 is 19.9 Å². The number of carbonyl (C=O) groups excluding carboxylic acids is 1. The maximum absolute atomic E-state index is 12.0. The Kier molecular flexibility index (Phi) is 7.20. The number of rotatable bonds is 9. The largest absolute Gasteiger partial charge is 0.493 e. The Morgan fingerprint density at radius 1 is 0.963 bits per heavy atom. The van der Waals surface area contributed by atoms with Gasteiger partial charge in [0.15, 0.2) is 11.5 Å². The molecular formula is C19H24N2O5S. The number of sulfonamides is 1. The molecule has 0 saturated heterocycles. The molecule has 0 unspecified atom stereocenters. The van der Waals surface area contributed by atoms with Crippen molar-refractivity contribution in [3.8, 4) is 11.5 Å². The summed E-state index contributed by atoms with van der Waals surface area (Å²) in [6, 6.07) is 11.9. The molecule has 0 heterocycles. The van der Waals surface area contributed by atoms with Crippen LogP contribution in [0, 0.1) is 0 Å². The molecule has 2 aromatic rings. The van der Waals surface area contributed by atoms with Crippen LogP contribution in [0.3, 0.4) is 0 Å². The number of nitrogens with two attached hydrogens (primary N) is 1. The molecule has 0 aromatic heterocycles. The molecule has 0 aliphatic carbocycles. The highest BCUT2D eigenvalue weighted by atomic mass is 32.2. The lowest BCUT2D eigenvalue weighted by molar-refractivity contribution is -0.121. The van der Waals surface area contributed by atoms with Gasteiger partial charge in [0.05, 0.1) is 19.1 Å². The fourth-order valence-corrected chi connectivity index (χ4v) is 3.09. The van der Waals surface area contributed by atoms with Gasteiger partial charge in [0.1, 0.15) is 0 Å². The van der Waals surface area contributed by atoms with E-state index in [9.17, 15) is 13.2 Å². The molecule has 146 valence electrons. The van der Waals surface area contributed by atoms with Crippen molar-refractivity contribution in [2.75, 3.05) is 20.8 Å². The van der Waals surface area contributed by atoms with Crippen molar-refractivity contribution < 1.29 is 22.7 Å². The van der Waals surface area contributed by atoms with Gasteiger partial charge < -0.3 is 14.8 Å². The molecule has 7 nitrogen and oxygen atoms in total. The smallest absolute Gasteiger partial charge is 0.238 e. The summed E-state index contributed by atoms with van der Waals surface area (Å²) in [6.45, 7) is 0.513. The Bertz CT molecular complexity index is 879. The van der Waals surface area contributed by atoms with Crippen LogP contribution in [-0.2, 0) is 27.7 Å². The number of amides is 1. The highest BCUT2D eigenvalue weighted by Crippen LogP contribution is 2.27. The van der Waals surface area contributed by atoms with Gasteiger partial charge in [-0.2, -0.15) is 0 Å². The number of ether oxygens (including phenoxy) is 2. The molecule has 0 aliphatic rings. The first-order valence-corrected chi connectivity index (χ1v) is 9.97. The summed E-state index contributed by atoms with van der Waals surface area (Å²) in [7, 11) is -0.529. The Hall–Kier alpha value is -2.58. The van der Waals surface area contributed by atoms with Crippen LogP contribution in [0.25, 0.3) is 0 Å². The standard InChI is InChI=1S/C19H24N2O5S/c1-25-17-9-5-15(13-18(17)26-2)11-12-21-19(22)10-6-14-3-7-16(8-4-14)27(20,23)24/h3-5,7-9,13H,6,10-12H2,1-2H3,(H,21,22)(H2,20,23,24). The lowest BCUT2D eigenvalue weighted by Crippen LogP contribution is -2.25. The number of primary sulfonamides is 1. The average molecular weight is 392 g/mol. The lowest BCUT2D eigenvalue weighted by atomic mass is 10.1. The SMILES string of the molecule is COc1ccc(CCNC(=O)CCc2ccc(S(N)(=O)=O)cc2)cc1OC. The molecule has 0 fully saturated rings. The minimum absolute atomic E-state index is 0.0608. The van der Waals surface area contributed by atoms with Gasteiger partial charge in [0.25, 0.3) is 0 Å². The van der Waals surface area contributed by atoms with Crippen LogP contribution in [0.15, 0.2) is 47.4 Å². The molecule has 2 aromatic carbocycles. The van der Waals surface area contributed by atoms with E-state index in [1.54, 1.807) is 26.4 Å². The molecule has 27 heavy (non-hydrogen) atoms. The van der Waals surface area contributed by atoms with Crippen molar-refractivity contribution in [3.63, 3.8) is 0 Å². The van der Waals surface area contributed by atoms with Crippen LogP contribution in [-0.4, -0.2) is 35.1 Å². The van der Waals surface area contributed by atoms with Crippen molar-refractivity contribution in [2.24, 2.45) is 5.14 Å². The summed E-state index contributed by atoms with van der Waals surface area (Å²) < 4.78 is 32.9. The number of carbonyl (C=O) groups is 1. The minimum Gasteiger partial charge on any atom is -0.493 e. The monoisotopic (exact) mass is 392 g/mol. The van der Waals surface area contributed by atoms with Crippen LogP contribution in [0.2, 0.25) is 0 Å². The normalized spacial score (nSPS) is 11.1. The molecular weight excluding hydrogens is 368 g/mol. The second-order valence-corrected chi connectivity index (χ2v) is 7.54. The quantitative estimate of drug-likeness (QED) is 0.675. The third kappa shape index (κ3) is 6.26. The second-order valence-electron chi connectivity index (χ2n) is 5.98. The predicted octanol–water partition coefficient (Wildman–Crippen LogP) is 1.64. The van der Waals surface area contributed by atoms with Crippen LogP contribution in [0.4, 0.5) is 0 Å². The third-order valence-corrected chi connectivity index (χ3v) is 5.01. The van der Waals surface area contributed by atoms with E-state index < -0.39 is 10.0 Å². The van der Waals surface area contributed by atoms with Gasteiger partial charge in [-0.25, -0.2) is 13.6 Å². The van der Waals surface area contributed by atoms with E-state index in [-0.39, 0.29) is 10.8 Å². The molecule has 0 atom stereocenters. The first-order valence-electron chi connectivity index (χ1n) is 8.43. The summed E-state index contributed by atoms with van der Waals surface area (Å²) in [5, 5.41) is 7.94. The van der Waals surface area contributed by atoms with E-state index in [0.29, 0.717) is 37.3 Å². The average Bonchev–Trinajstić information content (AvgIpc) is 2.65. The van der Waals surface area contributed by atoms with Gasteiger partial charge in [0.2, 0.25) is 15.9 Å². The molecule has 0 radical (unpaired) electrons. The van der Waals surface area contributed by atoms with E-state index in [1.165, 1.54) is 12.1 Å². The zero-order valence-corrected chi connectivity index (χ0v) is 16.2. The molecule has 2 rings (SSSR count). The number of aryl methyl sites for hydroxylation is 1. The van der Waals surface area contributed by atoms with Crippen molar-refractivity contribution in [1.29, 1.82) is 0 Å². The number of methoxy groups -OCH3 is 2. The molecule has 0 aliphatic heterocycles. The van der Waals surface area contributed by atoms with E-state index in [0.717, 1.165) is 11.1 Å². The highest BCUT2D eigenvalue weighted by Gasteiger charge is 2.08. The third-order valence-electron chi connectivity index (χ3n) is 4.08. The minimum atomic E-state index is -3.69. The maximum atomic E-state index is 12.0. The molecule has 8 heteroatoms. The summed E-state index contributed by atoms with van der Waals surface area (Å²) in [6.07, 6.45) is 1.52. The zero-order valence-electron chi connectivity index (χ0n) is 15.4. The van der Waals surface area contributed by atoms with Gasteiger partial charge in [-0.05, 0) is 48.2 Å². The first kappa shape index (κ1) is 20.7. The maximum Gasteiger partial charge on any atom is 0.238 e. The topological polar surface area (TPSA) is 108 Å². The molecule has 0 bridgehead atoms. The van der Waals surface area contributed by atoms with Crippen molar-refractivity contribution in [1.82, 2.24) is 5.32 Å². The summed E-state index contributed by atoms with van der Waals surface area (Å²) in [4.78, 5) is 12.0. The Morgan fingerprint density at radius 3 is 2.19 bits per heavy atom. The summed E-state index contributed by atoms with van der Waals surface area (Å²) in [5.41, 5.74) is 1.91. The van der Waals surface area contributed by atoms with E-state index >= 15 is 0 Å². The Morgan fingerprint density at radius 2 is 1.59 bits per heavy atom. The van der Waals surface area contributed by atoms with Gasteiger partial charge in [-0.15, -0.1) is 0 Å². The molecule has 0 saturated carbocycles. The van der Waals surface area contributed by atoms with Crippen molar-refractivity contribution >= 4 is 15.9 Å². The number of nitrogens with one attached hydrogen (secondary N) is 1. The van der Waals surface area contributed by atoms with Crippen LogP contribution in [0.1, 0.15) is 17.5 Å². The number of hydrogen-bond donors (Lipinski definition) is 2. The van der Waals surface area contributed by atoms with Crippen molar-refractivity contribution in [3.05, 3.63) is 53.6 Å². The predicted molar refractivity (Wildman–Crippen MR) is 102 cm³/mol. The van der Waals surface area contributed by atoms with Gasteiger partial charge in [0, 0.05) is 13.0 Å². The van der Waals surface area contributed by atoms with Gasteiger partial charge in [-0.3, -0.25) is 4.79 Å². The molecule has 3 N–H and O–H groups in total. The fourth-order valence-electron chi connectivity index (χ4n) is 2.57. The summed E-state index contributed by atoms with van der Waals surface area (Å²) >= 11 is 0. The second kappa shape index (κ2) is 9.38. The Labute approximate surface area is 159 Å². The fraction of sp³-hybridized carbons (Fsp3) is 0.316. The highest BCUT2D eigenvalue weighted by molar-refractivity contribution is 7.89. The molecule has 1 amide bonds. The van der Waals surface area contributed by atoms with Gasteiger partial charge >= 0.3 is 0 Å². The lowest BCUT2D eigenvalue weighted by Gasteiger charge is -2.10. The van der Waals surface area contributed by atoms with E-state index in [2.05, 4.69) is 5.32 Å². The first-order chi connectivity index (χ1) is 12.8. The number of hydrogen-bond acceptors (Lipinski definition) is 5. The van der Waals surface area contributed by atoms with Crippen LogP contribution >= 0.6 is 0 Å². The van der Waals surface area contributed by atoms with Crippen molar-refractivity contribution in [2.45, 2.75) is 24.2 Å². The van der Waals surface area contributed by atoms with E-state index in [4.69, 9.17) is 14.6 Å². The molecule has 0 spiro atoms. The summed E-state index contributed by atoms with van der Waals surface area (Å²) in [5.74, 6) is 1.26. The van der Waals surface area contributed by atoms with E-state index in [1.807, 2.05) is 18.2 Å². The zero-order chi connectivity index (χ0) is 19.9.